The monoisotopic (exact) mass is 271 g/mol. The van der Waals surface area contributed by atoms with Crippen molar-refractivity contribution in [2.75, 3.05) is 25.4 Å². The average Bonchev–Trinajstić information content (AvgIpc) is 2.45. The summed E-state index contributed by atoms with van der Waals surface area (Å²) in [6.07, 6.45) is -4.73. The predicted molar refractivity (Wildman–Crippen MR) is 64.3 cm³/mol. The Bertz CT molecular complexity index is 264. The molecule has 1 N–H and O–H groups in total. The Morgan fingerprint density at radius 2 is 1.88 bits per heavy atom. The first-order chi connectivity index (χ1) is 7.54. The van der Waals surface area contributed by atoms with Crippen LogP contribution >= 0.6 is 11.8 Å². The van der Waals surface area contributed by atoms with Gasteiger partial charge in [-0.15, -0.1) is 0 Å². The number of hydrogen-bond acceptors (Lipinski definition) is 3. The zero-order valence-corrected chi connectivity index (χ0v) is 11.3. The molecular weight excluding hydrogens is 251 g/mol. The van der Waals surface area contributed by atoms with Gasteiger partial charge in [0, 0.05) is 30.1 Å². The standard InChI is InChI=1S/C11H20F3NOS/c1-9(2,3)17-7-6-15-5-4-10(16,8-15)11(12,13)14/h16H,4-8H2,1-3H3/t10-/m0/s1. The van der Waals surface area contributed by atoms with Gasteiger partial charge in [-0.1, -0.05) is 20.8 Å². The van der Waals surface area contributed by atoms with Gasteiger partial charge in [0.1, 0.15) is 0 Å². The fraction of sp³-hybridized carbons (Fsp3) is 1.00. The highest BCUT2D eigenvalue weighted by atomic mass is 32.2. The molecule has 0 aromatic carbocycles. The molecule has 0 aromatic rings. The van der Waals surface area contributed by atoms with Crippen molar-refractivity contribution >= 4 is 11.8 Å². The van der Waals surface area contributed by atoms with Crippen molar-refractivity contribution < 1.29 is 18.3 Å². The quantitative estimate of drug-likeness (QED) is 0.853. The first-order valence-electron chi connectivity index (χ1n) is 5.69. The molecule has 102 valence electrons. The van der Waals surface area contributed by atoms with Crippen molar-refractivity contribution in [3.8, 4) is 0 Å². The van der Waals surface area contributed by atoms with Gasteiger partial charge >= 0.3 is 6.18 Å². The molecule has 0 aliphatic carbocycles. The van der Waals surface area contributed by atoms with E-state index in [-0.39, 0.29) is 17.7 Å². The van der Waals surface area contributed by atoms with Crippen molar-refractivity contribution in [1.29, 1.82) is 0 Å². The molecule has 2 nitrogen and oxygen atoms in total. The average molecular weight is 271 g/mol. The highest BCUT2D eigenvalue weighted by molar-refractivity contribution is 8.00. The van der Waals surface area contributed by atoms with Crippen molar-refractivity contribution in [3.63, 3.8) is 0 Å². The number of rotatable bonds is 3. The summed E-state index contributed by atoms with van der Waals surface area (Å²) in [6.45, 7) is 6.86. The topological polar surface area (TPSA) is 23.5 Å². The number of β-amino-alcohol motifs (C(OH)–C–C–N with tert-alkyl or cyclic N) is 1. The van der Waals surface area contributed by atoms with E-state index >= 15 is 0 Å². The van der Waals surface area contributed by atoms with Crippen molar-refractivity contribution in [2.24, 2.45) is 0 Å². The maximum Gasteiger partial charge on any atom is 0.418 e. The smallest absolute Gasteiger partial charge is 0.379 e. The summed E-state index contributed by atoms with van der Waals surface area (Å²) in [5.41, 5.74) is -2.50. The predicted octanol–water partition coefficient (Wildman–Crippen LogP) is 2.52. The van der Waals surface area contributed by atoms with Gasteiger partial charge in [-0.25, -0.2) is 0 Å². The molecule has 0 bridgehead atoms. The number of likely N-dealkylation sites (tertiary alicyclic amines) is 1. The van der Waals surface area contributed by atoms with Crippen LogP contribution in [0.15, 0.2) is 0 Å². The fourth-order valence-electron chi connectivity index (χ4n) is 1.77. The van der Waals surface area contributed by atoms with Gasteiger partial charge in [0.05, 0.1) is 0 Å². The van der Waals surface area contributed by atoms with E-state index in [0.29, 0.717) is 13.1 Å². The molecule has 0 unspecified atom stereocenters. The molecule has 6 heteroatoms. The Labute approximate surface area is 105 Å². The third kappa shape index (κ3) is 4.34. The summed E-state index contributed by atoms with van der Waals surface area (Å²) in [5, 5.41) is 9.48. The summed E-state index contributed by atoms with van der Waals surface area (Å²) in [5.74, 6) is 0.789. The number of thioether (sulfide) groups is 1. The lowest BCUT2D eigenvalue weighted by atomic mass is 10.0. The summed E-state index contributed by atoms with van der Waals surface area (Å²) in [6, 6.07) is 0. The third-order valence-corrected chi connectivity index (χ3v) is 4.05. The van der Waals surface area contributed by atoms with Gasteiger partial charge in [-0.3, -0.25) is 4.90 Å². The van der Waals surface area contributed by atoms with Gasteiger partial charge in [0.2, 0.25) is 0 Å². The molecule has 1 saturated heterocycles. The van der Waals surface area contributed by atoms with Crippen LogP contribution in [-0.2, 0) is 0 Å². The second-order valence-electron chi connectivity index (χ2n) is 5.52. The zero-order chi connectivity index (χ0) is 13.3. The van der Waals surface area contributed by atoms with Gasteiger partial charge < -0.3 is 5.11 Å². The van der Waals surface area contributed by atoms with Crippen LogP contribution in [0.3, 0.4) is 0 Å². The van der Waals surface area contributed by atoms with Gasteiger partial charge in [-0.2, -0.15) is 24.9 Å². The molecule has 0 spiro atoms. The molecule has 1 rings (SSSR count). The molecular formula is C11H20F3NOS. The van der Waals surface area contributed by atoms with Crippen LogP contribution in [0, 0.1) is 0 Å². The molecule has 0 amide bonds. The number of nitrogens with zero attached hydrogens (tertiary/aromatic N) is 1. The summed E-state index contributed by atoms with van der Waals surface area (Å²) in [4.78, 5) is 1.69. The Morgan fingerprint density at radius 3 is 2.29 bits per heavy atom. The number of halogens is 3. The number of alkyl halides is 3. The molecule has 0 radical (unpaired) electrons. The van der Waals surface area contributed by atoms with Crippen LogP contribution in [0.1, 0.15) is 27.2 Å². The first kappa shape index (κ1) is 15.1. The van der Waals surface area contributed by atoms with Crippen LogP contribution in [0.25, 0.3) is 0 Å². The van der Waals surface area contributed by atoms with Crippen molar-refractivity contribution in [3.05, 3.63) is 0 Å². The molecule has 17 heavy (non-hydrogen) atoms. The minimum absolute atomic E-state index is 0.125. The van der Waals surface area contributed by atoms with Crippen LogP contribution in [0.5, 0.6) is 0 Å². The van der Waals surface area contributed by atoms with E-state index in [2.05, 4.69) is 20.8 Å². The Morgan fingerprint density at radius 1 is 1.29 bits per heavy atom. The number of hydrogen-bond donors (Lipinski definition) is 1. The lowest BCUT2D eigenvalue weighted by Crippen LogP contribution is -2.47. The van der Waals surface area contributed by atoms with E-state index in [0.717, 1.165) is 5.75 Å². The van der Waals surface area contributed by atoms with Gasteiger partial charge in [-0.05, 0) is 6.42 Å². The second kappa shape index (κ2) is 4.97. The van der Waals surface area contributed by atoms with Crippen LogP contribution in [-0.4, -0.2) is 51.9 Å². The SMILES string of the molecule is CC(C)(C)SCCN1CC[C@@](O)(C(F)(F)F)C1. The second-order valence-corrected chi connectivity index (χ2v) is 7.44. The van der Waals surface area contributed by atoms with E-state index in [1.165, 1.54) is 0 Å². The van der Waals surface area contributed by atoms with Crippen molar-refractivity contribution in [2.45, 2.75) is 43.7 Å². The third-order valence-electron chi connectivity index (χ3n) is 2.80. The molecule has 0 saturated carbocycles. The van der Waals surface area contributed by atoms with E-state index < -0.39 is 11.8 Å². The Kier molecular flexibility index (Phi) is 4.42. The van der Waals surface area contributed by atoms with Crippen molar-refractivity contribution in [1.82, 2.24) is 4.90 Å². The molecule has 1 atom stereocenters. The normalized spacial score (nSPS) is 27.7. The van der Waals surface area contributed by atoms with E-state index in [9.17, 15) is 18.3 Å². The summed E-state index contributed by atoms with van der Waals surface area (Å²) < 4.78 is 37.8. The summed E-state index contributed by atoms with van der Waals surface area (Å²) in [7, 11) is 0. The van der Waals surface area contributed by atoms with E-state index in [1.807, 2.05) is 0 Å². The number of aliphatic hydroxyl groups is 1. The molecule has 1 fully saturated rings. The van der Waals surface area contributed by atoms with Gasteiger partial charge in [0.15, 0.2) is 5.60 Å². The Hall–Kier alpha value is 0.0600. The molecule has 1 aliphatic rings. The minimum Gasteiger partial charge on any atom is -0.379 e. The molecule has 1 heterocycles. The van der Waals surface area contributed by atoms with Gasteiger partial charge in [0.25, 0.3) is 0 Å². The molecule has 1 aliphatic heterocycles. The lowest BCUT2D eigenvalue weighted by Gasteiger charge is -2.26. The van der Waals surface area contributed by atoms with E-state index in [4.69, 9.17) is 0 Å². The van der Waals surface area contributed by atoms with Crippen LogP contribution in [0.4, 0.5) is 13.2 Å². The zero-order valence-electron chi connectivity index (χ0n) is 10.5. The van der Waals surface area contributed by atoms with Crippen LogP contribution in [0.2, 0.25) is 0 Å². The molecule has 0 aromatic heterocycles. The largest absolute Gasteiger partial charge is 0.418 e. The first-order valence-corrected chi connectivity index (χ1v) is 6.67. The highest BCUT2D eigenvalue weighted by Crippen LogP contribution is 2.37. The summed E-state index contributed by atoms with van der Waals surface area (Å²) >= 11 is 1.72. The maximum absolute atomic E-state index is 12.5. The fourth-order valence-corrected chi connectivity index (χ4v) is 2.74. The maximum atomic E-state index is 12.5. The minimum atomic E-state index is -4.51. The lowest BCUT2D eigenvalue weighted by molar-refractivity contribution is -0.253. The highest BCUT2D eigenvalue weighted by Gasteiger charge is 2.56. The Balaban J connectivity index is 2.36. The van der Waals surface area contributed by atoms with Crippen LogP contribution < -0.4 is 0 Å². The van der Waals surface area contributed by atoms with E-state index in [1.54, 1.807) is 16.7 Å².